The molecule has 1 atom stereocenters. The Morgan fingerprint density at radius 2 is 1.77 bits per heavy atom. The number of hydrogen-bond donors (Lipinski definition) is 0. The van der Waals surface area contributed by atoms with Crippen LogP contribution in [-0.2, 0) is 0 Å². The molecule has 1 radical (unpaired) electrons. The van der Waals surface area contributed by atoms with E-state index < -0.39 is 11.6 Å². The van der Waals surface area contributed by atoms with E-state index in [4.69, 9.17) is 0 Å². The summed E-state index contributed by atoms with van der Waals surface area (Å²) in [5, 5.41) is 0. The van der Waals surface area contributed by atoms with Gasteiger partial charge in [-0.25, -0.2) is 8.78 Å². The molecule has 1 saturated carbocycles. The molecule has 22 heavy (non-hydrogen) atoms. The van der Waals surface area contributed by atoms with Crippen molar-refractivity contribution in [2.24, 2.45) is 11.8 Å². The highest BCUT2D eigenvalue weighted by atomic mass is 19.2. The predicted molar refractivity (Wildman–Crippen MR) is 87.2 cm³/mol. The Labute approximate surface area is 132 Å². The van der Waals surface area contributed by atoms with E-state index in [1.54, 1.807) is 12.0 Å². The minimum Gasteiger partial charge on any atom is -0.204 e. The SMILES string of the molecule is CCC1CC[C](C2CC=C(c3ccc(F)c(F)c3)CC2)CC1. The summed E-state index contributed by atoms with van der Waals surface area (Å²) in [6, 6.07) is 4.27. The zero-order valence-electron chi connectivity index (χ0n) is 13.4. The molecule has 2 aliphatic rings. The van der Waals surface area contributed by atoms with Crippen LogP contribution in [0, 0.1) is 29.4 Å². The highest BCUT2D eigenvalue weighted by Gasteiger charge is 2.28. The minimum absolute atomic E-state index is 0.715. The van der Waals surface area contributed by atoms with Gasteiger partial charge in [-0.2, -0.15) is 0 Å². The average molecular weight is 303 g/mol. The number of halogens is 2. The standard InChI is InChI=1S/C20H25F2/c1-2-14-3-5-15(6-4-14)16-7-9-17(10-8-16)18-11-12-19(21)20(22)13-18/h9,11-14,16H,2-8,10H2,1H3. The third-order valence-corrected chi connectivity index (χ3v) is 5.60. The lowest BCUT2D eigenvalue weighted by Crippen LogP contribution is -2.21. The van der Waals surface area contributed by atoms with Gasteiger partial charge < -0.3 is 0 Å². The van der Waals surface area contributed by atoms with Gasteiger partial charge in [-0.15, -0.1) is 0 Å². The van der Waals surface area contributed by atoms with Gasteiger partial charge >= 0.3 is 0 Å². The molecular weight excluding hydrogens is 278 g/mol. The highest BCUT2D eigenvalue weighted by Crippen LogP contribution is 2.43. The summed E-state index contributed by atoms with van der Waals surface area (Å²) in [6.45, 7) is 2.30. The van der Waals surface area contributed by atoms with E-state index in [0.29, 0.717) is 5.92 Å². The van der Waals surface area contributed by atoms with E-state index in [0.717, 1.165) is 30.7 Å². The van der Waals surface area contributed by atoms with Gasteiger partial charge in [-0.05, 0) is 86.0 Å². The largest absolute Gasteiger partial charge is 0.204 e. The van der Waals surface area contributed by atoms with Crippen LogP contribution >= 0.6 is 0 Å². The Morgan fingerprint density at radius 3 is 2.36 bits per heavy atom. The highest BCUT2D eigenvalue weighted by molar-refractivity contribution is 5.66. The third-order valence-electron chi connectivity index (χ3n) is 5.60. The third kappa shape index (κ3) is 3.42. The molecule has 0 bridgehead atoms. The molecule has 0 heterocycles. The molecule has 3 rings (SSSR count). The maximum absolute atomic E-state index is 13.4. The number of hydrogen-bond acceptors (Lipinski definition) is 0. The van der Waals surface area contributed by atoms with Gasteiger partial charge in [0.25, 0.3) is 0 Å². The number of benzene rings is 1. The zero-order valence-corrected chi connectivity index (χ0v) is 13.4. The van der Waals surface area contributed by atoms with Gasteiger partial charge in [-0.1, -0.05) is 25.5 Å². The van der Waals surface area contributed by atoms with Crippen molar-refractivity contribution in [3.05, 3.63) is 47.4 Å². The summed E-state index contributed by atoms with van der Waals surface area (Å²) < 4.78 is 26.4. The maximum atomic E-state index is 13.4. The molecule has 0 amide bonds. The van der Waals surface area contributed by atoms with E-state index in [1.165, 1.54) is 49.8 Å². The average Bonchev–Trinajstić information content (AvgIpc) is 2.58. The summed E-state index contributed by atoms with van der Waals surface area (Å²) in [5.41, 5.74) is 2.02. The van der Waals surface area contributed by atoms with Crippen LogP contribution in [0.25, 0.3) is 5.57 Å². The van der Waals surface area contributed by atoms with Crippen molar-refractivity contribution >= 4 is 5.57 Å². The molecule has 1 fully saturated rings. The Hall–Kier alpha value is -1.18. The molecular formula is C20H25F2. The lowest BCUT2D eigenvalue weighted by atomic mass is 9.70. The van der Waals surface area contributed by atoms with Crippen LogP contribution in [0.2, 0.25) is 0 Å². The van der Waals surface area contributed by atoms with Crippen LogP contribution < -0.4 is 0 Å². The van der Waals surface area contributed by atoms with Crippen molar-refractivity contribution in [3.8, 4) is 0 Å². The van der Waals surface area contributed by atoms with E-state index in [1.807, 2.05) is 0 Å². The molecule has 0 aliphatic heterocycles. The van der Waals surface area contributed by atoms with Crippen molar-refractivity contribution in [3.63, 3.8) is 0 Å². The van der Waals surface area contributed by atoms with Gasteiger partial charge in [-0.3, -0.25) is 0 Å². The van der Waals surface area contributed by atoms with Crippen LogP contribution in [0.3, 0.4) is 0 Å². The lowest BCUT2D eigenvalue weighted by molar-refractivity contribution is 0.316. The molecule has 119 valence electrons. The summed E-state index contributed by atoms with van der Waals surface area (Å²) in [5.74, 6) is 1.90. The summed E-state index contributed by atoms with van der Waals surface area (Å²) in [7, 11) is 0. The first-order valence-electron chi connectivity index (χ1n) is 8.66. The maximum Gasteiger partial charge on any atom is 0.159 e. The predicted octanol–water partition coefficient (Wildman–Crippen LogP) is 6.32. The second kappa shape index (κ2) is 6.93. The van der Waals surface area contributed by atoms with Crippen LogP contribution in [0.4, 0.5) is 8.78 Å². The molecule has 2 aliphatic carbocycles. The van der Waals surface area contributed by atoms with Crippen LogP contribution in [0.15, 0.2) is 24.3 Å². The smallest absolute Gasteiger partial charge is 0.159 e. The molecule has 0 N–H and O–H groups in total. The van der Waals surface area contributed by atoms with Crippen molar-refractivity contribution < 1.29 is 8.78 Å². The van der Waals surface area contributed by atoms with Gasteiger partial charge in [0.05, 0.1) is 0 Å². The quantitative estimate of drug-likeness (QED) is 0.612. The zero-order chi connectivity index (χ0) is 15.5. The lowest BCUT2D eigenvalue weighted by Gasteiger charge is -2.35. The Kier molecular flexibility index (Phi) is 4.95. The van der Waals surface area contributed by atoms with Crippen molar-refractivity contribution in [2.45, 2.75) is 58.3 Å². The first kappa shape index (κ1) is 15.7. The van der Waals surface area contributed by atoms with Crippen LogP contribution in [-0.4, -0.2) is 0 Å². The molecule has 2 heteroatoms. The molecule has 0 aromatic heterocycles. The van der Waals surface area contributed by atoms with Crippen molar-refractivity contribution in [1.29, 1.82) is 0 Å². The molecule has 1 aromatic carbocycles. The van der Waals surface area contributed by atoms with Gasteiger partial charge in [0, 0.05) is 0 Å². The Bertz CT molecular complexity index is 539. The first-order valence-corrected chi connectivity index (χ1v) is 8.66. The number of rotatable bonds is 3. The summed E-state index contributed by atoms with van der Waals surface area (Å²) in [4.78, 5) is 0. The van der Waals surface area contributed by atoms with Crippen LogP contribution in [0.5, 0.6) is 0 Å². The monoisotopic (exact) mass is 303 g/mol. The second-order valence-corrected chi connectivity index (χ2v) is 6.84. The topological polar surface area (TPSA) is 0 Å². The fourth-order valence-corrected chi connectivity index (χ4v) is 4.03. The molecule has 1 unspecified atom stereocenters. The van der Waals surface area contributed by atoms with Gasteiger partial charge in [0.15, 0.2) is 11.6 Å². The second-order valence-electron chi connectivity index (χ2n) is 6.84. The number of allylic oxidation sites excluding steroid dienone is 2. The van der Waals surface area contributed by atoms with Crippen molar-refractivity contribution in [2.75, 3.05) is 0 Å². The van der Waals surface area contributed by atoms with Gasteiger partial charge in [0.1, 0.15) is 0 Å². The normalized spacial score (nSPS) is 24.3. The van der Waals surface area contributed by atoms with Crippen molar-refractivity contribution in [1.82, 2.24) is 0 Å². The van der Waals surface area contributed by atoms with E-state index in [9.17, 15) is 8.78 Å². The Morgan fingerprint density at radius 1 is 1.00 bits per heavy atom. The summed E-state index contributed by atoms with van der Waals surface area (Å²) >= 11 is 0. The molecule has 0 spiro atoms. The first-order chi connectivity index (χ1) is 10.7. The molecule has 0 nitrogen and oxygen atoms in total. The fourth-order valence-electron chi connectivity index (χ4n) is 4.03. The van der Waals surface area contributed by atoms with E-state index in [2.05, 4.69) is 13.0 Å². The van der Waals surface area contributed by atoms with E-state index in [-0.39, 0.29) is 0 Å². The fraction of sp³-hybridized carbons (Fsp3) is 0.550. The van der Waals surface area contributed by atoms with E-state index >= 15 is 0 Å². The van der Waals surface area contributed by atoms with Crippen LogP contribution in [0.1, 0.15) is 63.9 Å². The summed E-state index contributed by atoms with van der Waals surface area (Å²) in [6.07, 6.45) is 12.1. The minimum atomic E-state index is -0.763. The Balaban J connectivity index is 1.61. The van der Waals surface area contributed by atoms with Gasteiger partial charge in [0.2, 0.25) is 0 Å². The molecule has 0 saturated heterocycles. The molecule has 1 aromatic rings.